The first-order valence-electron chi connectivity index (χ1n) is 5.74. The number of carbonyl (C=O) groups excluding carboxylic acids is 1. The predicted molar refractivity (Wildman–Crippen MR) is 99.5 cm³/mol. The molecule has 0 atom stereocenters. The SMILES string of the molecule is NC(=S)c1ccc(Cl)c(NC(=O)c2ccc(I)c(Cl)c2)c1. The molecular weight excluding hydrogens is 442 g/mol. The van der Waals surface area contributed by atoms with Crippen molar-refractivity contribution in [3.63, 3.8) is 0 Å². The van der Waals surface area contributed by atoms with Crippen LogP contribution < -0.4 is 11.1 Å². The highest BCUT2D eigenvalue weighted by atomic mass is 127. The third kappa shape index (κ3) is 4.06. The molecule has 108 valence electrons. The zero-order valence-electron chi connectivity index (χ0n) is 10.5. The lowest BCUT2D eigenvalue weighted by molar-refractivity contribution is 0.102. The first kappa shape index (κ1) is 16.5. The van der Waals surface area contributed by atoms with Crippen LogP contribution in [0.5, 0.6) is 0 Å². The molecule has 2 aromatic rings. The molecule has 3 N–H and O–H groups in total. The van der Waals surface area contributed by atoms with Crippen LogP contribution in [-0.4, -0.2) is 10.9 Å². The Labute approximate surface area is 150 Å². The zero-order valence-corrected chi connectivity index (χ0v) is 15.0. The summed E-state index contributed by atoms with van der Waals surface area (Å²) in [4.78, 5) is 12.5. The van der Waals surface area contributed by atoms with Crippen molar-refractivity contribution < 1.29 is 4.79 Å². The van der Waals surface area contributed by atoms with Gasteiger partial charge in [-0.05, 0) is 52.9 Å². The molecule has 0 radical (unpaired) electrons. The minimum atomic E-state index is -0.310. The second-order valence-electron chi connectivity index (χ2n) is 4.14. The fraction of sp³-hybridized carbons (Fsp3) is 0. The first-order chi connectivity index (χ1) is 9.88. The van der Waals surface area contributed by atoms with Gasteiger partial charge in [0.25, 0.3) is 5.91 Å². The quantitative estimate of drug-likeness (QED) is 0.535. The molecule has 1 amide bonds. The second kappa shape index (κ2) is 6.91. The number of carbonyl (C=O) groups is 1. The Hall–Kier alpha value is -0.890. The normalized spacial score (nSPS) is 10.2. The summed E-state index contributed by atoms with van der Waals surface area (Å²) in [7, 11) is 0. The molecule has 0 spiro atoms. The molecule has 2 rings (SSSR count). The van der Waals surface area contributed by atoms with Crippen molar-refractivity contribution in [3.05, 3.63) is 61.1 Å². The zero-order chi connectivity index (χ0) is 15.6. The van der Waals surface area contributed by atoms with E-state index in [2.05, 4.69) is 27.9 Å². The molecular formula is C14H9Cl2IN2OS. The fourth-order valence-electron chi connectivity index (χ4n) is 1.61. The third-order valence-electron chi connectivity index (χ3n) is 2.68. The minimum Gasteiger partial charge on any atom is -0.389 e. The summed E-state index contributed by atoms with van der Waals surface area (Å²) in [5.74, 6) is -0.310. The second-order valence-corrected chi connectivity index (χ2v) is 6.56. The Kier molecular flexibility index (Phi) is 5.43. The van der Waals surface area contributed by atoms with E-state index in [1.165, 1.54) is 0 Å². The Balaban J connectivity index is 2.28. The van der Waals surface area contributed by atoms with E-state index in [1.54, 1.807) is 36.4 Å². The number of hydrogen-bond acceptors (Lipinski definition) is 2. The molecule has 2 aromatic carbocycles. The van der Waals surface area contributed by atoms with Gasteiger partial charge in [-0.2, -0.15) is 0 Å². The van der Waals surface area contributed by atoms with Crippen LogP contribution in [0.4, 0.5) is 5.69 Å². The number of rotatable bonds is 3. The molecule has 21 heavy (non-hydrogen) atoms. The van der Waals surface area contributed by atoms with Crippen LogP contribution in [0.1, 0.15) is 15.9 Å². The number of nitrogens with one attached hydrogen (secondary N) is 1. The van der Waals surface area contributed by atoms with E-state index in [4.69, 9.17) is 41.2 Å². The van der Waals surface area contributed by atoms with Crippen molar-refractivity contribution in [3.8, 4) is 0 Å². The van der Waals surface area contributed by atoms with E-state index >= 15 is 0 Å². The number of anilines is 1. The van der Waals surface area contributed by atoms with Gasteiger partial charge in [0.05, 0.1) is 15.7 Å². The van der Waals surface area contributed by atoms with Gasteiger partial charge < -0.3 is 11.1 Å². The summed E-state index contributed by atoms with van der Waals surface area (Å²) < 4.78 is 0.874. The van der Waals surface area contributed by atoms with Crippen LogP contribution in [0, 0.1) is 3.57 Å². The maximum atomic E-state index is 12.2. The lowest BCUT2D eigenvalue weighted by atomic mass is 10.1. The van der Waals surface area contributed by atoms with Gasteiger partial charge in [0.15, 0.2) is 0 Å². The third-order valence-corrected chi connectivity index (χ3v) is 4.82. The number of amides is 1. The molecule has 0 saturated carbocycles. The van der Waals surface area contributed by atoms with Crippen LogP contribution >= 0.6 is 58.0 Å². The van der Waals surface area contributed by atoms with E-state index in [9.17, 15) is 4.79 Å². The monoisotopic (exact) mass is 450 g/mol. The average Bonchev–Trinajstić information content (AvgIpc) is 2.43. The van der Waals surface area contributed by atoms with E-state index in [-0.39, 0.29) is 10.9 Å². The highest BCUT2D eigenvalue weighted by Crippen LogP contribution is 2.25. The van der Waals surface area contributed by atoms with Gasteiger partial charge >= 0.3 is 0 Å². The topological polar surface area (TPSA) is 55.1 Å². The standard InChI is InChI=1S/C14H9Cl2IN2OS/c15-9-3-1-7(13(18)21)6-12(9)19-14(20)8-2-4-11(17)10(16)5-8/h1-6H,(H2,18,21)(H,19,20). The summed E-state index contributed by atoms with van der Waals surface area (Å²) in [6.45, 7) is 0. The Morgan fingerprint density at radius 2 is 1.76 bits per heavy atom. The molecule has 7 heteroatoms. The summed E-state index contributed by atoms with van der Waals surface area (Å²) >= 11 is 19.1. The fourth-order valence-corrected chi connectivity index (χ4v) is 2.41. The van der Waals surface area contributed by atoms with Crippen LogP contribution in [0.15, 0.2) is 36.4 Å². The van der Waals surface area contributed by atoms with Crippen LogP contribution in [-0.2, 0) is 0 Å². The molecule has 0 aliphatic carbocycles. The number of benzene rings is 2. The first-order valence-corrected chi connectivity index (χ1v) is 7.98. The van der Waals surface area contributed by atoms with Gasteiger partial charge in [-0.25, -0.2) is 0 Å². The van der Waals surface area contributed by atoms with E-state index < -0.39 is 0 Å². The molecule has 0 aliphatic rings. The van der Waals surface area contributed by atoms with Crippen molar-refractivity contribution in [1.29, 1.82) is 0 Å². The van der Waals surface area contributed by atoms with E-state index in [0.717, 1.165) is 3.57 Å². The van der Waals surface area contributed by atoms with Crippen molar-refractivity contribution >= 4 is 74.6 Å². The van der Waals surface area contributed by atoms with Gasteiger partial charge in [-0.3, -0.25) is 4.79 Å². The lowest BCUT2D eigenvalue weighted by Gasteiger charge is -2.09. The van der Waals surface area contributed by atoms with Crippen molar-refractivity contribution in [2.24, 2.45) is 5.73 Å². The minimum absolute atomic E-state index is 0.236. The smallest absolute Gasteiger partial charge is 0.255 e. The molecule has 0 aromatic heterocycles. The van der Waals surface area contributed by atoms with Gasteiger partial charge in [-0.1, -0.05) is 41.5 Å². The summed E-state index contributed by atoms with van der Waals surface area (Å²) in [5, 5.41) is 3.64. The predicted octanol–water partition coefficient (Wildman–Crippen LogP) is 4.48. The number of halogens is 3. The highest BCUT2D eigenvalue weighted by Gasteiger charge is 2.11. The molecule has 0 unspecified atom stereocenters. The molecule has 0 heterocycles. The van der Waals surface area contributed by atoms with Crippen LogP contribution in [0.25, 0.3) is 0 Å². The number of hydrogen-bond donors (Lipinski definition) is 2. The molecule has 0 saturated heterocycles. The van der Waals surface area contributed by atoms with Gasteiger partial charge in [0, 0.05) is 14.7 Å². The van der Waals surface area contributed by atoms with Crippen LogP contribution in [0.2, 0.25) is 10.0 Å². The van der Waals surface area contributed by atoms with E-state index in [0.29, 0.717) is 26.9 Å². The Morgan fingerprint density at radius 1 is 1.10 bits per heavy atom. The van der Waals surface area contributed by atoms with Crippen molar-refractivity contribution in [2.75, 3.05) is 5.32 Å². The van der Waals surface area contributed by atoms with Gasteiger partial charge in [0.1, 0.15) is 4.99 Å². The molecule has 3 nitrogen and oxygen atoms in total. The summed E-state index contributed by atoms with van der Waals surface area (Å²) in [5.41, 5.74) is 7.09. The molecule has 0 aliphatic heterocycles. The van der Waals surface area contributed by atoms with Gasteiger partial charge in [-0.15, -0.1) is 0 Å². The molecule has 0 bridgehead atoms. The summed E-state index contributed by atoms with van der Waals surface area (Å²) in [6.07, 6.45) is 0. The molecule has 0 fully saturated rings. The Morgan fingerprint density at radius 3 is 2.38 bits per heavy atom. The van der Waals surface area contributed by atoms with Crippen molar-refractivity contribution in [1.82, 2.24) is 0 Å². The highest BCUT2D eigenvalue weighted by molar-refractivity contribution is 14.1. The average molecular weight is 451 g/mol. The van der Waals surface area contributed by atoms with Crippen molar-refractivity contribution in [2.45, 2.75) is 0 Å². The summed E-state index contributed by atoms with van der Waals surface area (Å²) in [6, 6.07) is 10.0. The van der Waals surface area contributed by atoms with E-state index in [1.807, 2.05) is 0 Å². The maximum absolute atomic E-state index is 12.2. The number of nitrogens with two attached hydrogens (primary N) is 1. The number of thiocarbonyl (C=S) groups is 1. The lowest BCUT2D eigenvalue weighted by Crippen LogP contribution is -2.14. The largest absolute Gasteiger partial charge is 0.389 e. The van der Waals surface area contributed by atoms with Gasteiger partial charge in [0.2, 0.25) is 0 Å². The maximum Gasteiger partial charge on any atom is 0.255 e. The van der Waals surface area contributed by atoms with Crippen LogP contribution in [0.3, 0.4) is 0 Å². The Bertz CT molecular complexity index is 737.